The lowest BCUT2D eigenvalue weighted by atomic mass is 10.3. The molecule has 0 unspecified atom stereocenters. The number of hydrogen-bond acceptors (Lipinski definition) is 5. The van der Waals surface area contributed by atoms with E-state index in [1.165, 1.54) is 11.3 Å². The molecule has 2 aromatic rings. The van der Waals surface area contributed by atoms with Gasteiger partial charge in [0.2, 0.25) is 5.13 Å². The van der Waals surface area contributed by atoms with Gasteiger partial charge in [-0.3, -0.25) is 4.79 Å². The maximum atomic E-state index is 11.9. The van der Waals surface area contributed by atoms with Crippen LogP contribution in [0.25, 0.3) is 0 Å². The Morgan fingerprint density at radius 1 is 1.53 bits per heavy atom. The first-order chi connectivity index (χ1) is 8.10. The molecule has 0 atom stereocenters. The smallest absolute Gasteiger partial charge is 0.253 e. The number of halogens is 1. The molecule has 0 aliphatic carbocycles. The molecule has 0 bridgehead atoms. The molecule has 7 heteroatoms. The summed E-state index contributed by atoms with van der Waals surface area (Å²) in [5.41, 5.74) is 0.701. The average molecular weight is 315 g/mol. The van der Waals surface area contributed by atoms with E-state index >= 15 is 0 Å². The molecule has 0 aromatic carbocycles. The van der Waals surface area contributed by atoms with Gasteiger partial charge in [0.25, 0.3) is 5.56 Å². The van der Waals surface area contributed by atoms with Gasteiger partial charge in [0, 0.05) is 23.3 Å². The highest BCUT2D eigenvalue weighted by Gasteiger charge is 2.07. The number of nitrogens with one attached hydrogen (secondary N) is 1. The van der Waals surface area contributed by atoms with E-state index in [-0.39, 0.29) is 5.56 Å². The van der Waals surface area contributed by atoms with Crippen molar-refractivity contribution in [2.24, 2.45) is 0 Å². The van der Waals surface area contributed by atoms with E-state index in [0.717, 1.165) is 14.6 Å². The average Bonchev–Trinajstić information content (AvgIpc) is 2.73. The van der Waals surface area contributed by atoms with Crippen LogP contribution in [0.5, 0.6) is 0 Å². The molecule has 0 spiro atoms. The van der Waals surface area contributed by atoms with Crippen molar-refractivity contribution in [3.63, 3.8) is 0 Å². The van der Waals surface area contributed by atoms with Gasteiger partial charge >= 0.3 is 0 Å². The fourth-order valence-electron chi connectivity index (χ4n) is 1.42. The predicted octanol–water partition coefficient (Wildman–Crippen LogP) is 1.86. The maximum Gasteiger partial charge on any atom is 0.253 e. The van der Waals surface area contributed by atoms with Gasteiger partial charge in [0.05, 0.1) is 6.54 Å². The minimum absolute atomic E-state index is 0.00518. The van der Waals surface area contributed by atoms with E-state index in [1.54, 1.807) is 30.8 Å². The van der Waals surface area contributed by atoms with Crippen molar-refractivity contribution in [3.8, 4) is 0 Å². The van der Waals surface area contributed by atoms with E-state index in [9.17, 15) is 4.79 Å². The lowest BCUT2D eigenvalue weighted by molar-refractivity contribution is 0.735. The molecule has 0 aliphatic rings. The summed E-state index contributed by atoms with van der Waals surface area (Å²) in [6.07, 6.45) is 1.76. The van der Waals surface area contributed by atoms with Gasteiger partial charge in [-0.15, -0.1) is 10.2 Å². The third-order valence-corrected chi connectivity index (χ3v) is 3.58. The Morgan fingerprint density at radius 2 is 2.29 bits per heavy atom. The molecular formula is C10H11BrN4OS. The molecule has 0 amide bonds. The van der Waals surface area contributed by atoms with Gasteiger partial charge in [-0.2, -0.15) is 0 Å². The third-order valence-electron chi connectivity index (χ3n) is 2.22. The van der Waals surface area contributed by atoms with Crippen molar-refractivity contribution in [3.05, 3.63) is 37.7 Å². The zero-order valence-corrected chi connectivity index (χ0v) is 11.8. The molecule has 2 aromatic heterocycles. The number of aryl methyl sites for hydroxylation is 1. The van der Waals surface area contributed by atoms with Crippen LogP contribution in [0.4, 0.5) is 5.13 Å². The van der Waals surface area contributed by atoms with E-state index < -0.39 is 0 Å². The second-order valence-corrected chi connectivity index (χ2v) is 5.50. The number of aromatic nitrogens is 3. The van der Waals surface area contributed by atoms with Crippen molar-refractivity contribution < 1.29 is 0 Å². The lowest BCUT2D eigenvalue weighted by Crippen LogP contribution is -2.22. The second-order valence-electron chi connectivity index (χ2n) is 3.53. The SMILES string of the molecule is CNc1nnc(Cn2cc(Br)cc(C)c2=O)s1. The Labute approximate surface area is 111 Å². The zero-order valence-electron chi connectivity index (χ0n) is 9.40. The molecule has 90 valence electrons. The Balaban J connectivity index is 2.32. The van der Waals surface area contributed by atoms with Crippen molar-refractivity contribution in [1.29, 1.82) is 0 Å². The molecule has 0 aliphatic heterocycles. The quantitative estimate of drug-likeness (QED) is 0.939. The Kier molecular flexibility index (Phi) is 3.58. The van der Waals surface area contributed by atoms with Crippen LogP contribution >= 0.6 is 27.3 Å². The molecule has 1 N–H and O–H groups in total. The first-order valence-corrected chi connectivity index (χ1v) is 6.58. The topological polar surface area (TPSA) is 59.8 Å². The number of pyridine rings is 1. The Morgan fingerprint density at radius 3 is 2.94 bits per heavy atom. The first kappa shape index (κ1) is 12.3. The summed E-state index contributed by atoms with van der Waals surface area (Å²) in [5.74, 6) is 0. The molecule has 0 saturated carbocycles. The molecule has 2 heterocycles. The molecule has 0 radical (unpaired) electrons. The van der Waals surface area contributed by atoms with Gasteiger partial charge in [-0.1, -0.05) is 11.3 Å². The summed E-state index contributed by atoms with van der Waals surface area (Å²) in [4.78, 5) is 11.9. The van der Waals surface area contributed by atoms with Crippen LogP contribution in [0.1, 0.15) is 10.6 Å². The third kappa shape index (κ3) is 2.73. The summed E-state index contributed by atoms with van der Waals surface area (Å²) < 4.78 is 2.51. The van der Waals surface area contributed by atoms with Crippen LogP contribution in [0, 0.1) is 6.92 Å². The van der Waals surface area contributed by atoms with Crippen LogP contribution < -0.4 is 10.9 Å². The van der Waals surface area contributed by atoms with Crippen LogP contribution in [0.2, 0.25) is 0 Å². The standard InChI is InChI=1S/C10H11BrN4OS/c1-6-3-7(11)4-15(9(6)16)5-8-13-14-10(12-2)17-8/h3-4H,5H2,1-2H3,(H,12,14). The van der Waals surface area contributed by atoms with Crippen LogP contribution in [-0.4, -0.2) is 21.8 Å². The summed E-state index contributed by atoms with van der Waals surface area (Å²) in [7, 11) is 1.79. The van der Waals surface area contributed by atoms with Crippen LogP contribution in [-0.2, 0) is 6.54 Å². The number of rotatable bonds is 3. The van der Waals surface area contributed by atoms with Gasteiger partial charge in [0.1, 0.15) is 5.01 Å². The zero-order chi connectivity index (χ0) is 12.4. The number of hydrogen-bond donors (Lipinski definition) is 1. The maximum absolute atomic E-state index is 11.9. The number of anilines is 1. The largest absolute Gasteiger partial charge is 0.363 e. The summed E-state index contributed by atoms with van der Waals surface area (Å²) >= 11 is 4.81. The highest BCUT2D eigenvalue weighted by atomic mass is 79.9. The summed E-state index contributed by atoms with van der Waals surface area (Å²) in [5, 5.41) is 12.4. The van der Waals surface area contributed by atoms with Gasteiger partial charge in [-0.25, -0.2) is 0 Å². The molecule has 17 heavy (non-hydrogen) atoms. The summed E-state index contributed by atoms with van der Waals surface area (Å²) in [6, 6.07) is 1.80. The molecule has 2 rings (SSSR count). The normalized spacial score (nSPS) is 10.5. The van der Waals surface area contributed by atoms with E-state index in [2.05, 4.69) is 31.4 Å². The van der Waals surface area contributed by atoms with Crippen molar-refractivity contribution >= 4 is 32.4 Å². The lowest BCUT2D eigenvalue weighted by Gasteiger charge is -2.04. The first-order valence-electron chi connectivity index (χ1n) is 4.97. The minimum atomic E-state index is -0.00518. The molecule has 0 saturated heterocycles. The monoisotopic (exact) mass is 314 g/mol. The predicted molar refractivity (Wildman–Crippen MR) is 71.7 cm³/mol. The second kappa shape index (κ2) is 4.97. The van der Waals surface area contributed by atoms with Gasteiger partial charge in [0.15, 0.2) is 0 Å². The summed E-state index contributed by atoms with van der Waals surface area (Å²) in [6.45, 7) is 2.24. The van der Waals surface area contributed by atoms with Crippen molar-refractivity contribution in [2.75, 3.05) is 12.4 Å². The van der Waals surface area contributed by atoms with Gasteiger partial charge < -0.3 is 9.88 Å². The van der Waals surface area contributed by atoms with Crippen molar-refractivity contribution in [1.82, 2.24) is 14.8 Å². The highest BCUT2D eigenvalue weighted by Crippen LogP contribution is 2.16. The minimum Gasteiger partial charge on any atom is -0.363 e. The molecule has 5 nitrogen and oxygen atoms in total. The Hall–Kier alpha value is -1.21. The number of nitrogens with zero attached hydrogens (tertiary/aromatic N) is 3. The Bertz CT molecular complexity index is 592. The fraction of sp³-hybridized carbons (Fsp3) is 0.300. The highest BCUT2D eigenvalue weighted by molar-refractivity contribution is 9.10. The molecular weight excluding hydrogens is 304 g/mol. The van der Waals surface area contributed by atoms with E-state index in [0.29, 0.717) is 12.1 Å². The molecule has 0 fully saturated rings. The van der Waals surface area contributed by atoms with Crippen LogP contribution in [0.15, 0.2) is 21.5 Å². The van der Waals surface area contributed by atoms with Crippen LogP contribution in [0.3, 0.4) is 0 Å². The van der Waals surface area contributed by atoms with E-state index in [1.807, 2.05) is 0 Å². The van der Waals surface area contributed by atoms with Gasteiger partial charge in [-0.05, 0) is 28.9 Å². The van der Waals surface area contributed by atoms with Crippen molar-refractivity contribution in [2.45, 2.75) is 13.5 Å². The van der Waals surface area contributed by atoms with E-state index in [4.69, 9.17) is 0 Å². The fourth-order valence-corrected chi connectivity index (χ4v) is 2.70.